The Morgan fingerprint density at radius 1 is 1.25 bits per heavy atom. The van der Waals surface area contributed by atoms with Gasteiger partial charge in [-0.05, 0) is 42.8 Å². The van der Waals surface area contributed by atoms with E-state index in [1.165, 1.54) is 11.8 Å². The van der Waals surface area contributed by atoms with Gasteiger partial charge < -0.3 is 15.1 Å². The highest BCUT2D eigenvalue weighted by atomic mass is 35.5. The Hall–Kier alpha value is -3.16. The normalized spacial score (nSPS) is 19.4. The van der Waals surface area contributed by atoms with E-state index < -0.39 is 12.2 Å². The standard InChI is InChI=1S/C24H21ClN4O2S/c1-3-12-32-24-27-23(30)21-16-6-4-5-7-18(16)26-22(29(21)28-24)20-11-10-19(31-20)17-13-15(25)9-8-14(17)2/h3-11,13,21-22,26H,1,12H2,2H3,(H,27,28,30)/t21-,22-/m1/s1. The molecule has 0 saturated heterocycles. The quantitative estimate of drug-likeness (QED) is 0.485. The molecule has 2 atom stereocenters. The number of fused-ring (bicyclic) bond motifs is 3. The first kappa shape index (κ1) is 20.7. The topological polar surface area (TPSA) is 69.9 Å². The number of hydrazone groups is 1. The molecule has 1 amide bonds. The van der Waals surface area contributed by atoms with E-state index in [0.717, 1.165) is 22.4 Å². The molecule has 0 unspecified atom stereocenters. The number of carbonyl (C=O) groups excluding carboxylic acids is 1. The van der Waals surface area contributed by atoms with Crippen LogP contribution in [0.5, 0.6) is 0 Å². The summed E-state index contributed by atoms with van der Waals surface area (Å²) in [6, 6.07) is 16.8. The van der Waals surface area contributed by atoms with Crippen molar-refractivity contribution in [3.63, 3.8) is 0 Å². The number of furan rings is 1. The largest absolute Gasteiger partial charge is 0.457 e. The molecule has 0 radical (unpaired) electrons. The molecule has 5 rings (SSSR count). The molecule has 32 heavy (non-hydrogen) atoms. The van der Waals surface area contributed by atoms with Gasteiger partial charge in [0.15, 0.2) is 17.4 Å². The summed E-state index contributed by atoms with van der Waals surface area (Å²) in [7, 11) is 0. The molecule has 162 valence electrons. The fraction of sp³-hybridized carbons (Fsp3) is 0.167. The number of para-hydroxylation sites is 1. The van der Waals surface area contributed by atoms with Crippen molar-refractivity contribution in [1.29, 1.82) is 0 Å². The maximum Gasteiger partial charge on any atom is 0.255 e. The van der Waals surface area contributed by atoms with Gasteiger partial charge in [-0.1, -0.05) is 53.7 Å². The number of carbonyl (C=O) groups is 1. The minimum absolute atomic E-state index is 0.122. The third-order valence-corrected chi connectivity index (χ3v) is 6.56. The van der Waals surface area contributed by atoms with Crippen molar-refractivity contribution in [2.45, 2.75) is 19.1 Å². The molecule has 2 aromatic carbocycles. The van der Waals surface area contributed by atoms with Crippen LogP contribution in [0.2, 0.25) is 5.02 Å². The summed E-state index contributed by atoms with van der Waals surface area (Å²) in [5, 5.41) is 14.1. The Kier molecular flexibility index (Phi) is 5.45. The molecule has 3 aromatic rings. The summed E-state index contributed by atoms with van der Waals surface area (Å²) >= 11 is 7.64. The van der Waals surface area contributed by atoms with E-state index in [1.807, 2.05) is 61.5 Å². The Labute approximate surface area is 195 Å². The Balaban J connectivity index is 1.57. The zero-order valence-electron chi connectivity index (χ0n) is 17.3. The summed E-state index contributed by atoms with van der Waals surface area (Å²) < 4.78 is 6.27. The summed E-state index contributed by atoms with van der Waals surface area (Å²) in [5.74, 6) is 1.89. The van der Waals surface area contributed by atoms with Crippen LogP contribution in [0.3, 0.4) is 0 Å². The molecule has 1 aromatic heterocycles. The van der Waals surface area contributed by atoms with Gasteiger partial charge in [-0.2, -0.15) is 0 Å². The molecule has 8 heteroatoms. The number of nitrogens with zero attached hydrogens (tertiary/aromatic N) is 2. The van der Waals surface area contributed by atoms with E-state index in [1.54, 1.807) is 11.1 Å². The summed E-state index contributed by atoms with van der Waals surface area (Å²) in [5.41, 5.74) is 3.74. The second-order valence-corrected chi connectivity index (χ2v) is 9.02. The zero-order valence-corrected chi connectivity index (χ0v) is 18.9. The fourth-order valence-corrected chi connectivity index (χ4v) is 4.73. The van der Waals surface area contributed by atoms with Crippen LogP contribution in [0.25, 0.3) is 11.3 Å². The van der Waals surface area contributed by atoms with Crippen LogP contribution in [-0.4, -0.2) is 21.8 Å². The number of benzene rings is 2. The van der Waals surface area contributed by atoms with Gasteiger partial charge in [-0.3, -0.25) is 4.79 Å². The molecular formula is C24H21ClN4O2S. The molecule has 6 nitrogen and oxygen atoms in total. The minimum Gasteiger partial charge on any atom is -0.457 e. The average Bonchev–Trinajstić information content (AvgIpc) is 3.28. The van der Waals surface area contributed by atoms with Crippen molar-refractivity contribution in [2.75, 3.05) is 11.1 Å². The van der Waals surface area contributed by atoms with Gasteiger partial charge in [-0.25, -0.2) is 5.01 Å². The lowest BCUT2D eigenvalue weighted by Gasteiger charge is -2.42. The molecule has 0 aliphatic carbocycles. The molecule has 2 N–H and O–H groups in total. The fourth-order valence-electron chi connectivity index (χ4n) is 3.96. The summed E-state index contributed by atoms with van der Waals surface area (Å²) in [4.78, 5) is 13.1. The van der Waals surface area contributed by atoms with Gasteiger partial charge >= 0.3 is 0 Å². The van der Waals surface area contributed by atoms with Gasteiger partial charge in [0.2, 0.25) is 0 Å². The first-order valence-corrected chi connectivity index (χ1v) is 11.5. The molecule has 2 aliphatic rings. The third kappa shape index (κ3) is 3.67. The van der Waals surface area contributed by atoms with Crippen molar-refractivity contribution in [3.8, 4) is 11.3 Å². The van der Waals surface area contributed by atoms with Crippen molar-refractivity contribution in [3.05, 3.63) is 89.2 Å². The van der Waals surface area contributed by atoms with Crippen molar-refractivity contribution < 1.29 is 9.21 Å². The molecular weight excluding hydrogens is 444 g/mol. The lowest BCUT2D eigenvalue weighted by molar-refractivity contribution is -0.127. The summed E-state index contributed by atoms with van der Waals surface area (Å²) in [6.07, 6.45) is 1.33. The molecule has 0 saturated carbocycles. The number of hydrogen-bond donors (Lipinski definition) is 2. The Morgan fingerprint density at radius 2 is 2.09 bits per heavy atom. The monoisotopic (exact) mass is 464 g/mol. The average molecular weight is 465 g/mol. The van der Waals surface area contributed by atoms with Crippen molar-refractivity contribution in [2.24, 2.45) is 5.10 Å². The van der Waals surface area contributed by atoms with Crippen LogP contribution < -0.4 is 10.6 Å². The molecule has 2 aliphatic heterocycles. The Morgan fingerprint density at radius 3 is 2.94 bits per heavy atom. The molecule has 0 spiro atoms. The van der Waals surface area contributed by atoms with E-state index in [9.17, 15) is 4.79 Å². The predicted octanol–water partition coefficient (Wildman–Crippen LogP) is 5.70. The number of hydrogen-bond acceptors (Lipinski definition) is 6. The first-order chi connectivity index (χ1) is 15.5. The maximum atomic E-state index is 13.1. The van der Waals surface area contributed by atoms with Crippen molar-refractivity contribution in [1.82, 2.24) is 10.3 Å². The number of thioether (sulfide) groups is 1. The van der Waals surface area contributed by atoms with E-state index >= 15 is 0 Å². The van der Waals surface area contributed by atoms with Gasteiger partial charge in [-0.15, -0.1) is 11.7 Å². The van der Waals surface area contributed by atoms with E-state index in [-0.39, 0.29) is 5.91 Å². The zero-order chi connectivity index (χ0) is 22.2. The van der Waals surface area contributed by atoms with E-state index in [4.69, 9.17) is 21.1 Å². The molecule has 0 fully saturated rings. The van der Waals surface area contributed by atoms with Crippen LogP contribution in [-0.2, 0) is 4.79 Å². The maximum absolute atomic E-state index is 13.1. The van der Waals surface area contributed by atoms with E-state index in [2.05, 4.69) is 17.2 Å². The number of amidine groups is 1. The minimum atomic E-state index is -0.563. The predicted molar refractivity (Wildman–Crippen MR) is 130 cm³/mol. The van der Waals surface area contributed by atoms with E-state index in [0.29, 0.717) is 27.5 Å². The number of anilines is 1. The lowest BCUT2D eigenvalue weighted by atomic mass is 9.99. The number of halogens is 1. The highest BCUT2D eigenvalue weighted by molar-refractivity contribution is 8.14. The van der Waals surface area contributed by atoms with Gasteiger partial charge in [0.1, 0.15) is 11.5 Å². The van der Waals surface area contributed by atoms with Gasteiger partial charge in [0.25, 0.3) is 5.91 Å². The first-order valence-electron chi connectivity index (χ1n) is 10.2. The SMILES string of the molecule is C=CCSC1=NN2[C@H](c3ccc(-c4cc(Cl)ccc4C)o3)Nc3ccccc3[C@@H]2C(=O)N1. The smallest absolute Gasteiger partial charge is 0.255 e. The second kappa shape index (κ2) is 8.41. The van der Waals surface area contributed by atoms with Crippen LogP contribution in [0, 0.1) is 6.92 Å². The van der Waals surface area contributed by atoms with Crippen LogP contribution in [0.15, 0.2) is 76.8 Å². The second-order valence-electron chi connectivity index (χ2n) is 7.57. The van der Waals surface area contributed by atoms with Crippen molar-refractivity contribution >= 4 is 40.1 Å². The van der Waals surface area contributed by atoms with Gasteiger partial charge in [0.05, 0.1) is 0 Å². The van der Waals surface area contributed by atoms with Crippen LogP contribution in [0.1, 0.15) is 29.1 Å². The number of amides is 1. The lowest BCUT2D eigenvalue weighted by Crippen LogP contribution is -2.50. The third-order valence-electron chi connectivity index (χ3n) is 5.46. The summed E-state index contributed by atoms with van der Waals surface area (Å²) in [6.45, 7) is 5.76. The highest BCUT2D eigenvalue weighted by Crippen LogP contribution is 2.43. The van der Waals surface area contributed by atoms with Crippen LogP contribution >= 0.6 is 23.4 Å². The molecule has 0 bridgehead atoms. The number of rotatable bonds is 4. The molecule has 3 heterocycles. The van der Waals surface area contributed by atoms with Crippen LogP contribution in [0.4, 0.5) is 5.69 Å². The number of aryl methyl sites for hydroxylation is 1. The Bertz CT molecular complexity index is 1240. The number of nitrogens with one attached hydrogen (secondary N) is 2. The highest BCUT2D eigenvalue weighted by Gasteiger charge is 2.43. The van der Waals surface area contributed by atoms with Gasteiger partial charge in [0, 0.05) is 27.6 Å².